The van der Waals surface area contributed by atoms with Crippen molar-refractivity contribution < 1.29 is 4.79 Å². The fourth-order valence-corrected chi connectivity index (χ4v) is 2.96. The van der Waals surface area contributed by atoms with E-state index in [0.29, 0.717) is 6.54 Å². The fraction of sp³-hybridized carbons (Fsp3) is 0.167. The SMILES string of the molecule is Cn1c(CNC(=O)C(c2ccccc2)n2cnnn2)nc2ccccc21. The minimum Gasteiger partial charge on any atom is -0.347 e. The van der Waals surface area contributed by atoms with Gasteiger partial charge in [0.2, 0.25) is 5.91 Å². The van der Waals surface area contributed by atoms with E-state index in [1.807, 2.05) is 66.2 Å². The third-order valence-electron chi connectivity index (χ3n) is 4.29. The van der Waals surface area contributed by atoms with Gasteiger partial charge in [-0.2, -0.15) is 0 Å². The van der Waals surface area contributed by atoms with E-state index in [4.69, 9.17) is 0 Å². The van der Waals surface area contributed by atoms with Crippen LogP contribution in [0.4, 0.5) is 0 Å². The molecule has 0 aliphatic heterocycles. The van der Waals surface area contributed by atoms with Crippen LogP contribution in [0.1, 0.15) is 17.4 Å². The predicted molar refractivity (Wildman–Crippen MR) is 95.0 cm³/mol. The molecular formula is C18H17N7O. The molecule has 0 aliphatic carbocycles. The quantitative estimate of drug-likeness (QED) is 0.590. The largest absolute Gasteiger partial charge is 0.347 e. The second-order valence-electron chi connectivity index (χ2n) is 5.90. The van der Waals surface area contributed by atoms with Crippen LogP contribution in [0.2, 0.25) is 0 Å². The molecular weight excluding hydrogens is 330 g/mol. The Morgan fingerprint density at radius 3 is 2.62 bits per heavy atom. The topological polar surface area (TPSA) is 90.5 Å². The number of hydrogen-bond donors (Lipinski definition) is 1. The van der Waals surface area contributed by atoms with Gasteiger partial charge in [0, 0.05) is 7.05 Å². The normalized spacial score (nSPS) is 12.2. The van der Waals surface area contributed by atoms with Crippen molar-refractivity contribution in [3.05, 3.63) is 72.3 Å². The van der Waals surface area contributed by atoms with E-state index in [9.17, 15) is 4.79 Å². The van der Waals surface area contributed by atoms with Crippen LogP contribution in [0, 0.1) is 0 Å². The number of para-hydroxylation sites is 2. The van der Waals surface area contributed by atoms with Crippen molar-refractivity contribution >= 4 is 16.9 Å². The lowest BCUT2D eigenvalue weighted by Crippen LogP contribution is -2.34. The first kappa shape index (κ1) is 15.9. The molecule has 26 heavy (non-hydrogen) atoms. The van der Waals surface area contributed by atoms with Gasteiger partial charge in [-0.25, -0.2) is 9.67 Å². The third kappa shape index (κ3) is 2.92. The maximum atomic E-state index is 12.9. The summed E-state index contributed by atoms with van der Waals surface area (Å²) in [6.45, 7) is 0.315. The number of tetrazole rings is 1. The molecule has 2 aromatic heterocycles. The standard InChI is InChI=1S/C18H17N7O/c1-24-15-10-6-5-9-14(15)21-16(24)11-19-18(26)17(25-12-20-22-23-25)13-7-3-2-4-8-13/h2-10,12,17H,11H2,1H3,(H,19,26). The number of amides is 1. The molecule has 8 heteroatoms. The predicted octanol–water partition coefficient (Wildman–Crippen LogP) is 1.47. The first-order valence-corrected chi connectivity index (χ1v) is 8.19. The monoisotopic (exact) mass is 347 g/mol. The summed E-state index contributed by atoms with van der Waals surface area (Å²) in [4.78, 5) is 17.5. The molecule has 0 bridgehead atoms. The van der Waals surface area contributed by atoms with Crippen molar-refractivity contribution in [1.82, 2.24) is 35.1 Å². The van der Waals surface area contributed by atoms with E-state index in [0.717, 1.165) is 22.4 Å². The van der Waals surface area contributed by atoms with Gasteiger partial charge in [-0.1, -0.05) is 42.5 Å². The van der Waals surface area contributed by atoms with E-state index in [-0.39, 0.29) is 5.91 Å². The zero-order valence-electron chi connectivity index (χ0n) is 14.1. The maximum Gasteiger partial charge on any atom is 0.249 e. The molecule has 1 unspecified atom stereocenters. The Morgan fingerprint density at radius 1 is 1.12 bits per heavy atom. The molecule has 0 saturated heterocycles. The number of hydrogen-bond acceptors (Lipinski definition) is 5. The van der Waals surface area contributed by atoms with Gasteiger partial charge in [-0.05, 0) is 28.1 Å². The van der Waals surface area contributed by atoms with Gasteiger partial charge in [0.15, 0.2) is 6.04 Å². The van der Waals surface area contributed by atoms with Gasteiger partial charge in [0.05, 0.1) is 17.6 Å². The van der Waals surface area contributed by atoms with Crippen molar-refractivity contribution in [2.75, 3.05) is 0 Å². The summed E-state index contributed by atoms with van der Waals surface area (Å²) in [5.41, 5.74) is 2.73. The molecule has 4 rings (SSSR count). The van der Waals surface area contributed by atoms with Gasteiger partial charge in [-0.3, -0.25) is 4.79 Å². The molecule has 4 aromatic rings. The summed E-state index contributed by atoms with van der Waals surface area (Å²) in [7, 11) is 1.94. The minimum atomic E-state index is -0.638. The van der Waals surface area contributed by atoms with E-state index in [2.05, 4.69) is 25.8 Å². The van der Waals surface area contributed by atoms with E-state index in [1.165, 1.54) is 11.0 Å². The van der Waals surface area contributed by atoms with Crippen LogP contribution in [-0.4, -0.2) is 35.7 Å². The molecule has 1 N–H and O–H groups in total. The lowest BCUT2D eigenvalue weighted by Gasteiger charge is -2.16. The van der Waals surface area contributed by atoms with Crippen LogP contribution in [-0.2, 0) is 18.4 Å². The van der Waals surface area contributed by atoms with E-state index >= 15 is 0 Å². The number of aryl methyl sites for hydroxylation is 1. The number of nitrogens with zero attached hydrogens (tertiary/aromatic N) is 6. The van der Waals surface area contributed by atoms with Gasteiger partial charge in [-0.15, -0.1) is 5.10 Å². The Kier molecular flexibility index (Phi) is 4.14. The first-order valence-electron chi connectivity index (χ1n) is 8.19. The van der Waals surface area contributed by atoms with Gasteiger partial charge in [0.1, 0.15) is 12.2 Å². The number of benzene rings is 2. The highest BCUT2D eigenvalue weighted by Gasteiger charge is 2.24. The molecule has 0 spiro atoms. The summed E-state index contributed by atoms with van der Waals surface area (Å²) < 4.78 is 3.42. The molecule has 2 aromatic carbocycles. The molecule has 0 saturated carbocycles. The maximum absolute atomic E-state index is 12.9. The summed E-state index contributed by atoms with van der Waals surface area (Å²) in [5, 5.41) is 14.1. The first-order chi connectivity index (χ1) is 12.7. The van der Waals surface area contributed by atoms with Gasteiger partial charge >= 0.3 is 0 Å². The number of carbonyl (C=O) groups excluding carboxylic acids is 1. The summed E-state index contributed by atoms with van der Waals surface area (Å²) >= 11 is 0. The Morgan fingerprint density at radius 2 is 1.88 bits per heavy atom. The smallest absolute Gasteiger partial charge is 0.249 e. The Labute approximate surface area is 149 Å². The van der Waals surface area contributed by atoms with Crippen LogP contribution in [0.5, 0.6) is 0 Å². The Bertz CT molecular complexity index is 1020. The molecule has 0 aliphatic rings. The zero-order chi connectivity index (χ0) is 17.9. The summed E-state index contributed by atoms with van der Waals surface area (Å²) in [5.74, 6) is 0.582. The van der Waals surface area contributed by atoms with Gasteiger partial charge in [0.25, 0.3) is 0 Å². The second-order valence-corrected chi connectivity index (χ2v) is 5.90. The highest BCUT2D eigenvalue weighted by Crippen LogP contribution is 2.18. The number of rotatable bonds is 5. The summed E-state index contributed by atoms with van der Waals surface area (Å²) in [6.07, 6.45) is 1.44. The van der Waals surface area contributed by atoms with Crippen LogP contribution in [0.3, 0.4) is 0 Å². The van der Waals surface area contributed by atoms with Crippen molar-refractivity contribution in [2.24, 2.45) is 7.05 Å². The minimum absolute atomic E-state index is 0.199. The summed E-state index contributed by atoms with van der Waals surface area (Å²) in [6, 6.07) is 16.6. The molecule has 8 nitrogen and oxygen atoms in total. The molecule has 2 heterocycles. The van der Waals surface area contributed by atoms with Crippen molar-refractivity contribution in [3.8, 4) is 0 Å². The second kappa shape index (κ2) is 6.75. The lowest BCUT2D eigenvalue weighted by molar-refractivity contribution is -0.123. The van der Waals surface area contributed by atoms with E-state index in [1.54, 1.807) is 0 Å². The zero-order valence-corrected chi connectivity index (χ0v) is 14.1. The molecule has 0 fully saturated rings. The average molecular weight is 347 g/mol. The lowest BCUT2D eigenvalue weighted by atomic mass is 10.1. The van der Waals surface area contributed by atoms with Gasteiger partial charge < -0.3 is 9.88 Å². The van der Waals surface area contributed by atoms with E-state index < -0.39 is 6.04 Å². The number of imidazole rings is 1. The van der Waals surface area contributed by atoms with Crippen molar-refractivity contribution in [1.29, 1.82) is 0 Å². The van der Waals surface area contributed by atoms with Crippen molar-refractivity contribution in [2.45, 2.75) is 12.6 Å². The average Bonchev–Trinajstić information content (AvgIpc) is 3.30. The van der Waals surface area contributed by atoms with Crippen LogP contribution >= 0.6 is 0 Å². The van der Waals surface area contributed by atoms with Crippen LogP contribution in [0.25, 0.3) is 11.0 Å². The molecule has 1 atom stereocenters. The Balaban J connectivity index is 1.58. The highest BCUT2D eigenvalue weighted by atomic mass is 16.2. The highest BCUT2D eigenvalue weighted by molar-refractivity contribution is 5.83. The molecule has 0 radical (unpaired) electrons. The third-order valence-corrected chi connectivity index (χ3v) is 4.29. The number of aromatic nitrogens is 6. The molecule has 1 amide bonds. The van der Waals surface area contributed by atoms with Crippen molar-refractivity contribution in [3.63, 3.8) is 0 Å². The van der Waals surface area contributed by atoms with Crippen LogP contribution in [0.15, 0.2) is 60.9 Å². The number of fused-ring (bicyclic) bond motifs is 1. The molecule has 130 valence electrons. The number of carbonyl (C=O) groups is 1. The number of nitrogens with one attached hydrogen (secondary N) is 1. The Hall–Kier alpha value is -3.55. The van der Waals surface area contributed by atoms with Crippen LogP contribution < -0.4 is 5.32 Å². The fourth-order valence-electron chi connectivity index (χ4n) is 2.96.